The maximum absolute atomic E-state index is 4.32. The van der Waals surface area contributed by atoms with Crippen LogP contribution in [0.2, 0.25) is 0 Å². The Hall–Kier alpha value is -1.16. The van der Waals surface area contributed by atoms with Crippen LogP contribution >= 0.6 is 0 Å². The number of aromatic nitrogens is 2. The molecular formula is C12H20N4. The highest BCUT2D eigenvalue weighted by Gasteiger charge is 2.24. The van der Waals surface area contributed by atoms with E-state index < -0.39 is 0 Å². The van der Waals surface area contributed by atoms with Crippen LogP contribution in [0.4, 0.5) is 5.95 Å². The Morgan fingerprint density at radius 2 is 2.06 bits per heavy atom. The maximum atomic E-state index is 4.32. The quantitative estimate of drug-likeness (QED) is 0.770. The van der Waals surface area contributed by atoms with E-state index in [4.69, 9.17) is 0 Å². The molecule has 16 heavy (non-hydrogen) atoms. The highest BCUT2D eigenvalue weighted by molar-refractivity contribution is 5.29. The molecule has 4 heteroatoms. The van der Waals surface area contributed by atoms with Crippen molar-refractivity contribution < 1.29 is 0 Å². The van der Waals surface area contributed by atoms with Crippen LogP contribution in [-0.4, -0.2) is 47.6 Å². The predicted octanol–water partition coefficient (Wildman–Crippen LogP) is 1.40. The van der Waals surface area contributed by atoms with Crippen LogP contribution in [0, 0.1) is 0 Å². The average molecular weight is 220 g/mol. The van der Waals surface area contributed by atoms with Crippen molar-refractivity contribution in [3.8, 4) is 0 Å². The molecule has 1 saturated heterocycles. The molecule has 1 aromatic rings. The highest BCUT2D eigenvalue weighted by Crippen LogP contribution is 2.16. The fourth-order valence-electron chi connectivity index (χ4n) is 2.23. The minimum absolute atomic E-state index is 0.641. The summed E-state index contributed by atoms with van der Waals surface area (Å²) >= 11 is 0. The molecule has 2 rings (SSSR count). The van der Waals surface area contributed by atoms with E-state index in [9.17, 15) is 0 Å². The zero-order valence-electron chi connectivity index (χ0n) is 10.1. The second kappa shape index (κ2) is 5.25. The maximum Gasteiger partial charge on any atom is 0.225 e. The number of hydrogen-bond acceptors (Lipinski definition) is 4. The van der Waals surface area contributed by atoms with Gasteiger partial charge in [0.1, 0.15) is 0 Å². The summed E-state index contributed by atoms with van der Waals surface area (Å²) in [7, 11) is 2.21. The van der Waals surface area contributed by atoms with E-state index in [1.807, 2.05) is 18.5 Å². The van der Waals surface area contributed by atoms with E-state index in [-0.39, 0.29) is 0 Å². The summed E-state index contributed by atoms with van der Waals surface area (Å²) in [6.45, 7) is 5.42. The Balaban J connectivity index is 2.03. The third-order valence-corrected chi connectivity index (χ3v) is 3.23. The molecule has 1 atom stereocenters. The summed E-state index contributed by atoms with van der Waals surface area (Å²) in [4.78, 5) is 13.4. The number of nitrogens with zero attached hydrogens (tertiary/aromatic N) is 4. The van der Waals surface area contributed by atoms with Crippen LogP contribution in [0.25, 0.3) is 0 Å². The van der Waals surface area contributed by atoms with E-state index in [0.29, 0.717) is 6.04 Å². The molecular weight excluding hydrogens is 200 g/mol. The van der Waals surface area contributed by atoms with Gasteiger partial charge in [-0.15, -0.1) is 0 Å². The summed E-state index contributed by atoms with van der Waals surface area (Å²) in [6, 6.07) is 2.51. The predicted molar refractivity (Wildman–Crippen MR) is 65.6 cm³/mol. The van der Waals surface area contributed by atoms with Gasteiger partial charge >= 0.3 is 0 Å². The van der Waals surface area contributed by atoms with Crippen molar-refractivity contribution in [1.29, 1.82) is 0 Å². The molecule has 1 unspecified atom stereocenters. The number of hydrogen-bond donors (Lipinski definition) is 0. The third kappa shape index (κ3) is 2.50. The number of anilines is 1. The third-order valence-electron chi connectivity index (χ3n) is 3.23. The van der Waals surface area contributed by atoms with Crippen LogP contribution in [0.5, 0.6) is 0 Å². The SMILES string of the molecule is CCCC1CN(c2ncccn2)CCN1C. The lowest BCUT2D eigenvalue weighted by molar-refractivity contribution is 0.206. The first-order valence-electron chi connectivity index (χ1n) is 6.03. The lowest BCUT2D eigenvalue weighted by Crippen LogP contribution is -2.51. The molecule has 0 bridgehead atoms. The molecule has 0 spiro atoms. The summed E-state index contributed by atoms with van der Waals surface area (Å²) in [6.07, 6.45) is 6.11. The summed E-state index contributed by atoms with van der Waals surface area (Å²) in [5.74, 6) is 0.872. The van der Waals surface area contributed by atoms with Gasteiger partial charge in [-0.2, -0.15) is 0 Å². The smallest absolute Gasteiger partial charge is 0.225 e. The van der Waals surface area contributed by atoms with E-state index in [1.54, 1.807) is 0 Å². The van der Waals surface area contributed by atoms with Crippen molar-refractivity contribution in [2.24, 2.45) is 0 Å². The van der Waals surface area contributed by atoms with Crippen LogP contribution in [0.3, 0.4) is 0 Å². The van der Waals surface area contributed by atoms with Gasteiger partial charge in [0.05, 0.1) is 0 Å². The first kappa shape index (κ1) is 11.3. The van der Waals surface area contributed by atoms with E-state index in [1.165, 1.54) is 12.8 Å². The number of likely N-dealkylation sites (N-methyl/N-ethyl adjacent to an activating group) is 1. The van der Waals surface area contributed by atoms with E-state index >= 15 is 0 Å². The topological polar surface area (TPSA) is 32.3 Å². The van der Waals surface area contributed by atoms with Crippen LogP contribution in [0.15, 0.2) is 18.5 Å². The average Bonchev–Trinajstić information content (AvgIpc) is 2.33. The second-order valence-corrected chi connectivity index (χ2v) is 4.42. The van der Waals surface area contributed by atoms with Gasteiger partial charge < -0.3 is 4.90 Å². The molecule has 0 aliphatic carbocycles. The first-order valence-corrected chi connectivity index (χ1v) is 6.03. The summed E-state index contributed by atoms with van der Waals surface area (Å²) in [5, 5.41) is 0. The fourth-order valence-corrected chi connectivity index (χ4v) is 2.23. The van der Waals surface area contributed by atoms with E-state index in [0.717, 1.165) is 25.6 Å². The Morgan fingerprint density at radius 3 is 2.75 bits per heavy atom. The molecule has 1 aliphatic rings. The Labute approximate surface area is 97.3 Å². The van der Waals surface area contributed by atoms with Gasteiger partial charge in [0, 0.05) is 38.1 Å². The second-order valence-electron chi connectivity index (χ2n) is 4.42. The van der Waals surface area contributed by atoms with Crippen LogP contribution in [0.1, 0.15) is 19.8 Å². The Bertz CT molecular complexity index is 314. The van der Waals surface area contributed by atoms with Crippen LogP contribution < -0.4 is 4.90 Å². The van der Waals surface area contributed by atoms with Gasteiger partial charge in [-0.05, 0) is 19.5 Å². The van der Waals surface area contributed by atoms with Gasteiger partial charge in [-0.1, -0.05) is 13.3 Å². The lowest BCUT2D eigenvalue weighted by Gasteiger charge is -2.39. The number of rotatable bonds is 3. The molecule has 0 N–H and O–H groups in total. The van der Waals surface area contributed by atoms with E-state index in [2.05, 4.69) is 33.7 Å². The summed E-state index contributed by atoms with van der Waals surface area (Å²) in [5.41, 5.74) is 0. The molecule has 0 aromatic carbocycles. The van der Waals surface area contributed by atoms with Crippen molar-refractivity contribution in [3.05, 3.63) is 18.5 Å². The van der Waals surface area contributed by atoms with Gasteiger partial charge in [0.2, 0.25) is 5.95 Å². The molecule has 88 valence electrons. The Morgan fingerprint density at radius 1 is 1.31 bits per heavy atom. The van der Waals surface area contributed by atoms with Crippen molar-refractivity contribution >= 4 is 5.95 Å². The normalized spacial score (nSPS) is 22.4. The van der Waals surface area contributed by atoms with Gasteiger partial charge in [-0.25, -0.2) is 9.97 Å². The number of piperazine rings is 1. The lowest BCUT2D eigenvalue weighted by atomic mass is 10.1. The largest absolute Gasteiger partial charge is 0.338 e. The zero-order chi connectivity index (χ0) is 11.4. The summed E-state index contributed by atoms with van der Waals surface area (Å²) < 4.78 is 0. The van der Waals surface area contributed by atoms with Crippen LogP contribution in [-0.2, 0) is 0 Å². The van der Waals surface area contributed by atoms with Crippen molar-refractivity contribution in [3.63, 3.8) is 0 Å². The molecule has 4 nitrogen and oxygen atoms in total. The minimum Gasteiger partial charge on any atom is -0.338 e. The molecule has 0 saturated carbocycles. The van der Waals surface area contributed by atoms with Crippen molar-refractivity contribution in [1.82, 2.24) is 14.9 Å². The van der Waals surface area contributed by atoms with Crippen molar-refractivity contribution in [2.75, 3.05) is 31.6 Å². The van der Waals surface area contributed by atoms with Crippen molar-refractivity contribution in [2.45, 2.75) is 25.8 Å². The van der Waals surface area contributed by atoms with Gasteiger partial charge in [0.15, 0.2) is 0 Å². The zero-order valence-corrected chi connectivity index (χ0v) is 10.1. The monoisotopic (exact) mass is 220 g/mol. The molecule has 1 aliphatic heterocycles. The highest BCUT2D eigenvalue weighted by atomic mass is 15.3. The minimum atomic E-state index is 0.641. The molecule has 2 heterocycles. The van der Waals surface area contributed by atoms with Gasteiger partial charge in [0.25, 0.3) is 0 Å². The Kier molecular flexibility index (Phi) is 3.72. The first-order chi connectivity index (χ1) is 7.81. The molecule has 1 aromatic heterocycles. The standard InChI is InChI=1S/C12H20N4/c1-3-5-11-10-16(9-8-15(11)2)12-13-6-4-7-14-12/h4,6-7,11H,3,5,8-10H2,1-2H3. The molecule has 0 amide bonds. The molecule has 0 radical (unpaired) electrons. The fraction of sp³-hybridized carbons (Fsp3) is 0.667. The van der Waals surface area contributed by atoms with Gasteiger partial charge in [-0.3, -0.25) is 4.90 Å². The molecule has 1 fully saturated rings.